The Morgan fingerprint density at radius 1 is 1.21 bits per heavy atom. The van der Waals surface area contributed by atoms with Gasteiger partial charge in [-0.1, -0.05) is 18.2 Å². The normalized spacial score (nSPS) is 15.1. The fourth-order valence-corrected chi connectivity index (χ4v) is 2.34. The van der Waals surface area contributed by atoms with Gasteiger partial charge in [0.05, 0.1) is 6.61 Å². The molecule has 0 fully saturated rings. The summed E-state index contributed by atoms with van der Waals surface area (Å²) in [6.07, 6.45) is 0.967. The van der Waals surface area contributed by atoms with Crippen molar-refractivity contribution in [1.29, 1.82) is 0 Å². The third-order valence-electron chi connectivity index (χ3n) is 3.35. The van der Waals surface area contributed by atoms with E-state index in [9.17, 15) is 0 Å². The number of methoxy groups -OCH3 is 1. The molecule has 1 aliphatic rings. The predicted octanol–water partition coefficient (Wildman–Crippen LogP) is 1.65. The SMILES string of the molecule is COCCCOCCN1CCNCc2ccccc21. The molecule has 1 aliphatic heterocycles. The van der Waals surface area contributed by atoms with E-state index in [1.165, 1.54) is 11.3 Å². The van der Waals surface area contributed by atoms with Crippen molar-refractivity contribution in [3.8, 4) is 0 Å². The molecule has 2 rings (SSSR count). The summed E-state index contributed by atoms with van der Waals surface area (Å²) in [6, 6.07) is 8.61. The molecule has 0 bridgehead atoms. The minimum absolute atomic E-state index is 0.774. The molecule has 0 saturated carbocycles. The molecule has 0 aromatic heterocycles. The monoisotopic (exact) mass is 264 g/mol. The quantitative estimate of drug-likeness (QED) is 0.759. The van der Waals surface area contributed by atoms with Crippen molar-refractivity contribution in [2.24, 2.45) is 0 Å². The fourth-order valence-electron chi connectivity index (χ4n) is 2.34. The highest BCUT2D eigenvalue weighted by atomic mass is 16.5. The van der Waals surface area contributed by atoms with Crippen molar-refractivity contribution in [3.63, 3.8) is 0 Å². The molecule has 1 aromatic rings. The Morgan fingerprint density at radius 2 is 2.11 bits per heavy atom. The van der Waals surface area contributed by atoms with Crippen LogP contribution in [0.2, 0.25) is 0 Å². The second-order valence-corrected chi connectivity index (χ2v) is 4.75. The summed E-state index contributed by atoms with van der Waals surface area (Å²) in [7, 11) is 1.72. The molecule has 4 nitrogen and oxygen atoms in total. The van der Waals surface area contributed by atoms with Crippen LogP contribution >= 0.6 is 0 Å². The van der Waals surface area contributed by atoms with Gasteiger partial charge in [-0.25, -0.2) is 0 Å². The third kappa shape index (κ3) is 4.49. The standard InChI is InChI=1S/C15H24N2O2/c1-18-10-4-11-19-12-9-17-8-7-16-13-14-5-2-3-6-15(14)17/h2-3,5-6,16H,4,7-13H2,1H3. The van der Waals surface area contributed by atoms with E-state index in [4.69, 9.17) is 9.47 Å². The molecule has 19 heavy (non-hydrogen) atoms. The largest absolute Gasteiger partial charge is 0.385 e. The third-order valence-corrected chi connectivity index (χ3v) is 3.35. The van der Waals surface area contributed by atoms with Crippen molar-refractivity contribution < 1.29 is 9.47 Å². The van der Waals surface area contributed by atoms with Crippen LogP contribution in [-0.2, 0) is 16.0 Å². The van der Waals surface area contributed by atoms with E-state index in [0.29, 0.717) is 0 Å². The van der Waals surface area contributed by atoms with Crippen LogP contribution in [0.3, 0.4) is 0 Å². The van der Waals surface area contributed by atoms with Crippen LogP contribution in [0.15, 0.2) is 24.3 Å². The Balaban J connectivity index is 1.79. The maximum absolute atomic E-state index is 5.65. The van der Waals surface area contributed by atoms with Crippen molar-refractivity contribution in [2.75, 3.05) is 51.5 Å². The number of para-hydroxylation sites is 1. The van der Waals surface area contributed by atoms with Gasteiger partial charge in [-0.3, -0.25) is 0 Å². The molecule has 0 atom stereocenters. The van der Waals surface area contributed by atoms with Gasteiger partial charge in [-0.2, -0.15) is 0 Å². The van der Waals surface area contributed by atoms with E-state index in [2.05, 4.69) is 34.5 Å². The van der Waals surface area contributed by atoms with Crippen LogP contribution < -0.4 is 10.2 Å². The second kappa shape index (κ2) is 8.15. The topological polar surface area (TPSA) is 33.7 Å². The number of ether oxygens (including phenoxy) is 2. The maximum Gasteiger partial charge on any atom is 0.0641 e. The van der Waals surface area contributed by atoms with E-state index >= 15 is 0 Å². The predicted molar refractivity (Wildman–Crippen MR) is 77.7 cm³/mol. The molecule has 0 spiro atoms. The highest BCUT2D eigenvalue weighted by molar-refractivity contribution is 5.54. The zero-order valence-electron chi connectivity index (χ0n) is 11.7. The molecular formula is C15H24N2O2. The average molecular weight is 264 g/mol. The summed E-state index contributed by atoms with van der Waals surface area (Å²) in [5.41, 5.74) is 2.72. The van der Waals surface area contributed by atoms with Crippen LogP contribution in [0.1, 0.15) is 12.0 Å². The summed E-state index contributed by atoms with van der Waals surface area (Å²) in [5.74, 6) is 0. The number of fused-ring (bicyclic) bond motifs is 1. The summed E-state index contributed by atoms with van der Waals surface area (Å²) >= 11 is 0. The first kappa shape index (κ1) is 14.3. The Bertz CT molecular complexity index is 371. The zero-order valence-corrected chi connectivity index (χ0v) is 11.7. The summed E-state index contributed by atoms with van der Waals surface area (Å²) in [5, 5.41) is 3.45. The highest BCUT2D eigenvalue weighted by Gasteiger charge is 2.13. The molecule has 1 heterocycles. The Morgan fingerprint density at radius 3 is 3.00 bits per heavy atom. The number of nitrogens with zero attached hydrogens (tertiary/aromatic N) is 1. The minimum atomic E-state index is 0.774. The van der Waals surface area contributed by atoms with Gasteiger partial charge in [0.1, 0.15) is 0 Å². The first-order chi connectivity index (χ1) is 9.42. The molecular weight excluding hydrogens is 240 g/mol. The smallest absolute Gasteiger partial charge is 0.0641 e. The van der Waals surface area contributed by atoms with Crippen molar-refractivity contribution >= 4 is 5.69 Å². The molecule has 0 aliphatic carbocycles. The molecule has 0 radical (unpaired) electrons. The average Bonchev–Trinajstić information content (AvgIpc) is 2.65. The zero-order chi connectivity index (χ0) is 13.3. The van der Waals surface area contributed by atoms with Gasteiger partial charge in [-0.15, -0.1) is 0 Å². The molecule has 0 amide bonds. The second-order valence-electron chi connectivity index (χ2n) is 4.75. The number of anilines is 1. The minimum Gasteiger partial charge on any atom is -0.385 e. The summed E-state index contributed by atoms with van der Waals surface area (Å²) in [4.78, 5) is 2.41. The van der Waals surface area contributed by atoms with E-state index in [1.54, 1.807) is 7.11 Å². The number of rotatable bonds is 7. The molecule has 1 N–H and O–H groups in total. The molecule has 0 unspecified atom stereocenters. The Labute approximate surface area is 115 Å². The lowest BCUT2D eigenvalue weighted by atomic mass is 10.1. The Hall–Kier alpha value is -1.10. The van der Waals surface area contributed by atoms with E-state index in [-0.39, 0.29) is 0 Å². The molecule has 106 valence electrons. The van der Waals surface area contributed by atoms with Crippen LogP contribution in [0.4, 0.5) is 5.69 Å². The van der Waals surface area contributed by atoms with Gasteiger partial charge in [0, 0.05) is 52.2 Å². The van der Waals surface area contributed by atoms with Gasteiger partial charge >= 0.3 is 0 Å². The highest BCUT2D eigenvalue weighted by Crippen LogP contribution is 2.21. The van der Waals surface area contributed by atoms with Gasteiger partial charge in [0.15, 0.2) is 0 Å². The lowest BCUT2D eigenvalue weighted by Crippen LogP contribution is -2.31. The number of nitrogens with one attached hydrogen (secondary N) is 1. The Kier molecular flexibility index (Phi) is 6.14. The lowest BCUT2D eigenvalue weighted by molar-refractivity contribution is 0.107. The number of hydrogen-bond acceptors (Lipinski definition) is 4. The van der Waals surface area contributed by atoms with Gasteiger partial charge in [0.2, 0.25) is 0 Å². The summed E-state index contributed by atoms with van der Waals surface area (Å²) in [6.45, 7) is 6.31. The first-order valence-corrected chi connectivity index (χ1v) is 7.02. The van der Waals surface area contributed by atoms with Crippen molar-refractivity contribution in [2.45, 2.75) is 13.0 Å². The lowest BCUT2D eigenvalue weighted by Gasteiger charge is -2.24. The number of hydrogen-bond donors (Lipinski definition) is 1. The molecule has 0 saturated heterocycles. The number of benzene rings is 1. The van der Waals surface area contributed by atoms with Crippen LogP contribution in [-0.4, -0.2) is 46.6 Å². The van der Waals surface area contributed by atoms with E-state index < -0.39 is 0 Å². The summed E-state index contributed by atoms with van der Waals surface area (Å²) < 4.78 is 10.7. The van der Waals surface area contributed by atoms with Crippen molar-refractivity contribution in [3.05, 3.63) is 29.8 Å². The van der Waals surface area contributed by atoms with E-state index in [0.717, 1.165) is 52.4 Å². The van der Waals surface area contributed by atoms with Gasteiger partial charge in [0.25, 0.3) is 0 Å². The van der Waals surface area contributed by atoms with Gasteiger partial charge < -0.3 is 19.7 Å². The van der Waals surface area contributed by atoms with Crippen molar-refractivity contribution in [1.82, 2.24) is 5.32 Å². The first-order valence-electron chi connectivity index (χ1n) is 7.02. The molecule has 1 aromatic carbocycles. The van der Waals surface area contributed by atoms with Crippen LogP contribution in [0.25, 0.3) is 0 Å². The fraction of sp³-hybridized carbons (Fsp3) is 0.600. The van der Waals surface area contributed by atoms with Crippen LogP contribution in [0, 0.1) is 0 Å². The van der Waals surface area contributed by atoms with Gasteiger partial charge in [-0.05, 0) is 18.1 Å². The molecule has 4 heteroatoms. The maximum atomic E-state index is 5.65. The van der Waals surface area contributed by atoms with Crippen LogP contribution in [0.5, 0.6) is 0 Å². The van der Waals surface area contributed by atoms with E-state index in [1.807, 2.05) is 0 Å².